The van der Waals surface area contributed by atoms with Crippen LogP contribution < -0.4 is 0 Å². The van der Waals surface area contributed by atoms with E-state index in [2.05, 4.69) is 0 Å². The minimum atomic E-state index is -0.762. The van der Waals surface area contributed by atoms with Gasteiger partial charge in [-0.3, -0.25) is 0 Å². The van der Waals surface area contributed by atoms with Gasteiger partial charge in [-0.15, -0.1) is 0 Å². The number of rotatable bonds is 1. The lowest BCUT2D eigenvalue weighted by Gasteiger charge is -2.38. The number of ether oxygens (including phenoxy) is 4. The molecule has 2 heterocycles. The average molecular weight is 206 g/mol. The maximum atomic E-state index is 9.56. The van der Waals surface area contributed by atoms with Crippen molar-refractivity contribution < 1.29 is 29.2 Å². The van der Waals surface area contributed by atoms with Crippen molar-refractivity contribution in [1.29, 1.82) is 0 Å². The van der Waals surface area contributed by atoms with E-state index in [1.165, 1.54) is 0 Å². The van der Waals surface area contributed by atoms with Crippen molar-refractivity contribution in [1.82, 2.24) is 0 Å². The van der Waals surface area contributed by atoms with Crippen molar-refractivity contribution in [3.8, 4) is 0 Å². The lowest BCUT2D eigenvalue weighted by atomic mass is 10.0. The fourth-order valence-electron chi connectivity index (χ4n) is 1.63. The first-order valence-corrected chi connectivity index (χ1v) is 4.54. The van der Waals surface area contributed by atoms with E-state index in [0.29, 0.717) is 0 Å². The van der Waals surface area contributed by atoms with Crippen molar-refractivity contribution in [2.45, 2.75) is 24.4 Å². The molecule has 2 rings (SSSR count). The third-order valence-electron chi connectivity index (χ3n) is 2.35. The van der Waals surface area contributed by atoms with E-state index < -0.39 is 24.4 Å². The van der Waals surface area contributed by atoms with Gasteiger partial charge in [-0.05, 0) is 0 Å². The predicted molar refractivity (Wildman–Crippen MR) is 43.4 cm³/mol. The van der Waals surface area contributed by atoms with Crippen LogP contribution in [0.2, 0.25) is 0 Å². The molecule has 0 radical (unpaired) electrons. The molecule has 14 heavy (non-hydrogen) atoms. The molecule has 2 aliphatic rings. The van der Waals surface area contributed by atoms with Crippen molar-refractivity contribution in [2.24, 2.45) is 0 Å². The second-order valence-electron chi connectivity index (χ2n) is 3.37. The van der Waals surface area contributed by atoms with Gasteiger partial charge in [0.05, 0.1) is 13.2 Å². The topological polar surface area (TPSA) is 77.4 Å². The third-order valence-corrected chi connectivity index (χ3v) is 2.35. The molecule has 0 bridgehead atoms. The molecule has 0 spiro atoms. The highest BCUT2D eigenvalue weighted by atomic mass is 16.7. The summed E-state index contributed by atoms with van der Waals surface area (Å²) in [5.41, 5.74) is 0. The smallest absolute Gasteiger partial charge is 0.147 e. The van der Waals surface area contributed by atoms with Crippen LogP contribution in [-0.4, -0.2) is 61.4 Å². The Bertz CT molecular complexity index is 167. The quantitative estimate of drug-likeness (QED) is 0.541. The molecule has 0 aromatic heterocycles. The average Bonchev–Trinajstić information content (AvgIpc) is 2.20. The molecule has 2 saturated heterocycles. The highest BCUT2D eigenvalue weighted by Gasteiger charge is 2.39. The summed E-state index contributed by atoms with van der Waals surface area (Å²) in [7, 11) is 0. The Hall–Kier alpha value is -0.240. The lowest BCUT2D eigenvalue weighted by Crippen LogP contribution is -2.55. The van der Waals surface area contributed by atoms with E-state index in [9.17, 15) is 10.2 Å². The third kappa shape index (κ3) is 2.05. The van der Waals surface area contributed by atoms with Crippen LogP contribution >= 0.6 is 0 Å². The zero-order chi connectivity index (χ0) is 9.97. The summed E-state index contributed by atoms with van der Waals surface area (Å²) < 4.78 is 20.2. The molecule has 0 unspecified atom stereocenters. The van der Waals surface area contributed by atoms with Crippen molar-refractivity contribution in [3.05, 3.63) is 0 Å². The number of aliphatic hydroxyl groups is 2. The predicted octanol–water partition coefficient (Wildman–Crippen LogP) is -1.55. The van der Waals surface area contributed by atoms with Gasteiger partial charge >= 0.3 is 0 Å². The fraction of sp³-hybridized carbons (Fsp3) is 1.00. The van der Waals surface area contributed by atoms with Gasteiger partial charge in [-0.2, -0.15) is 0 Å². The van der Waals surface area contributed by atoms with Gasteiger partial charge in [-0.1, -0.05) is 0 Å². The summed E-state index contributed by atoms with van der Waals surface area (Å²) in [6, 6.07) is 0. The van der Waals surface area contributed by atoms with Crippen LogP contribution in [0.3, 0.4) is 0 Å². The van der Waals surface area contributed by atoms with Crippen LogP contribution in [0.15, 0.2) is 0 Å². The van der Waals surface area contributed by atoms with Gasteiger partial charge in [0.2, 0.25) is 0 Å². The van der Waals surface area contributed by atoms with Gasteiger partial charge in [0.1, 0.15) is 38.0 Å². The molecular formula is C8H14O6. The summed E-state index contributed by atoms with van der Waals surface area (Å²) in [6.45, 7) is 0.653. The summed E-state index contributed by atoms with van der Waals surface area (Å²) in [5.74, 6) is 0. The van der Waals surface area contributed by atoms with E-state index >= 15 is 0 Å². The molecule has 2 aliphatic heterocycles. The monoisotopic (exact) mass is 206 g/mol. The Morgan fingerprint density at radius 2 is 1.21 bits per heavy atom. The molecule has 0 aromatic rings. The summed E-state index contributed by atoms with van der Waals surface area (Å²) in [4.78, 5) is 0. The normalized spacial score (nSPS) is 45.0. The Balaban J connectivity index is 1.96. The van der Waals surface area contributed by atoms with Gasteiger partial charge in [0.15, 0.2) is 0 Å². The SMILES string of the molecule is O[C@@H]1COCO[C@@H]1[C@@H]1OCOC[C@H]1O. The summed E-state index contributed by atoms with van der Waals surface area (Å²) in [6.07, 6.45) is -2.60. The second kappa shape index (κ2) is 4.52. The van der Waals surface area contributed by atoms with Crippen LogP contribution in [0, 0.1) is 0 Å². The molecule has 82 valence electrons. The van der Waals surface area contributed by atoms with Gasteiger partial charge in [0, 0.05) is 0 Å². The molecular weight excluding hydrogens is 192 g/mol. The Kier molecular flexibility index (Phi) is 3.32. The van der Waals surface area contributed by atoms with Crippen LogP contribution in [0.25, 0.3) is 0 Å². The number of hydrogen-bond acceptors (Lipinski definition) is 6. The number of hydrogen-bond donors (Lipinski definition) is 2. The van der Waals surface area contributed by atoms with E-state index in [0.717, 1.165) is 0 Å². The van der Waals surface area contributed by atoms with E-state index in [1.54, 1.807) is 0 Å². The highest BCUT2D eigenvalue weighted by Crippen LogP contribution is 2.19. The van der Waals surface area contributed by atoms with E-state index in [4.69, 9.17) is 18.9 Å². The summed E-state index contributed by atoms with van der Waals surface area (Å²) >= 11 is 0. The zero-order valence-electron chi connectivity index (χ0n) is 7.67. The zero-order valence-corrected chi connectivity index (χ0v) is 7.67. The van der Waals surface area contributed by atoms with Gasteiger partial charge in [0.25, 0.3) is 0 Å². The fourth-order valence-corrected chi connectivity index (χ4v) is 1.63. The van der Waals surface area contributed by atoms with E-state index in [1.807, 2.05) is 0 Å². The highest BCUT2D eigenvalue weighted by molar-refractivity contribution is 4.85. The maximum absolute atomic E-state index is 9.56. The molecule has 4 atom stereocenters. The minimum Gasteiger partial charge on any atom is -0.388 e. The van der Waals surface area contributed by atoms with Gasteiger partial charge in [-0.25, -0.2) is 0 Å². The molecule has 0 amide bonds. The van der Waals surface area contributed by atoms with Crippen LogP contribution in [0.5, 0.6) is 0 Å². The maximum Gasteiger partial charge on any atom is 0.147 e. The Morgan fingerprint density at radius 3 is 1.57 bits per heavy atom. The largest absolute Gasteiger partial charge is 0.388 e. The Labute approximate surface area is 81.3 Å². The van der Waals surface area contributed by atoms with Crippen LogP contribution in [0.1, 0.15) is 0 Å². The second-order valence-corrected chi connectivity index (χ2v) is 3.37. The molecule has 6 nitrogen and oxygen atoms in total. The van der Waals surface area contributed by atoms with Crippen LogP contribution in [0.4, 0.5) is 0 Å². The Morgan fingerprint density at radius 1 is 0.786 bits per heavy atom. The first-order chi connectivity index (χ1) is 6.79. The first-order valence-electron chi connectivity index (χ1n) is 4.54. The van der Waals surface area contributed by atoms with Crippen molar-refractivity contribution in [3.63, 3.8) is 0 Å². The van der Waals surface area contributed by atoms with Crippen molar-refractivity contribution in [2.75, 3.05) is 26.8 Å². The standard InChI is InChI=1S/C8H14O6/c9-5-1-11-3-13-7(5)8-6(10)2-12-4-14-8/h5-10H,1-4H2/t5-,6-,7-,8+/m1/s1. The molecule has 0 aromatic carbocycles. The molecule has 2 N–H and O–H groups in total. The van der Waals surface area contributed by atoms with E-state index in [-0.39, 0.29) is 26.8 Å². The minimum absolute atomic E-state index is 0.120. The van der Waals surface area contributed by atoms with Crippen LogP contribution in [-0.2, 0) is 18.9 Å². The lowest BCUT2D eigenvalue weighted by molar-refractivity contribution is -0.277. The molecule has 2 fully saturated rings. The molecule has 6 heteroatoms. The molecule has 0 saturated carbocycles. The first kappa shape index (κ1) is 10.3. The van der Waals surface area contributed by atoms with Crippen molar-refractivity contribution >= 4 is 0 Å². The summed E-state index contributed by atoms with van der Waals surface area (Å²) in [5, 5.41) is 19.1. The molecule has 0 aliphatic carbocycles. The van der Waals surface area contributed by atoms with Gasteiger partial charge < -0.3 is 29.2 Å². The number of aliphatic hydroxyl groups excluding tert-OH is 2.